The predicted molar refractivity (Wildman–Crippen MR) is 106 cm³/mol. The Morgan fingerprint density at radius 3 is 2.59 bits per heavy atom. The van der Waals surface area contributed by atoms with Crippen molar-refractivity contribution in [1.82, 2.24) is 15.2 Å². The lowest BCUT2D eigenvalue weighted by atomic mass is 10.1. The fraction of sp³-hybridized carbons (Fsp3) is 0.250. The van der Waals surface area contributed by atoms with Crippen molar-refractivity contribution < 1.29 is 14.3 Å². The van der Waals surface area contributed by atoms with Crippen LogP contribution < -0.4 is 5.32 Å². The number of hydrogen-bond donors (Lipinski definition) is 1. The highest BCUT2D eigenvalue weighted by Gasteiger charge is 2.10. The number of ether oxygens (including phenoxy) is 1. The summed E-state index contributed by atoms with van der Waals surface area (Å²) in [5, 5.41) is 3.88. The van der Waals surface area contributed by atoms with Crippen molar-refractivity contribution in [2.75, 3.05) is 20.7 Å². The lowest BCUT2D eigenvalue weighted by Crippen LogP contribution is -2.34. The van der Waals surface area contributed by atoms with E-state index in [1.54, 1.807) is 35.6 Å². The zero-order valence-electron chi connectivity index (χ0n) is 15.3. The number of benzene rings is 2. The van der Waals surface area contributed by atoms with Crippen molar-refractivity contribution in [3.8, 4) is 0 Å². The average molecular weight is 383 g/mol. The number of hydrogen-bond acceptors (Lipinski definition) is 6. The fourth-order valence-electron chi connectivity index (χ4n) is 2.65. The number of nitrogens with zero attached hydrogens (tertiary/aromatic N) is 2. The normalized spacial score (nSPS) is 10.9. The van der Waals surface area contributed by atoms with Gasteiger partial charge in [0.2, 0.25) is 5.91 Å². The first-order valence-corrected chi connectivity index (χ1v) is 9.34. The molecule has 0 aliphatic rings. The largest absolute Gasteiger partial charge is 0.465 e. The van der Waals surface area contributed by atoms with Gasteiger partial charge in [0.25, 0.3) is 0 Å². The molecular weight excluding hydrogens is 362 g/mol. The molecule has 27 heavy (non-hydrogen) atoms. The molecule has 140 valence electrons. The van der Waals surface area contributed by atoms with Gasteiger partial charge in [-0.25, -0.2) is 9.78 Å². The molecule has 0 aliphatic carbocycles. The molecule has 1 aromatic heterocycles. The standard InChI is InChI=1S/C20H21N3O3S/c1-23(13-19-22-16-5-3-4-6-17(16)27-19)12-18(24)21-11-14-7-9-15(10-8-14)20(25)26-2/h3-10H,11-13H2,1-2H3,(H,21,24). The van der Waals surface area contributed by atoms with Gasteiger partial charge in [0.1, 0.15) is 5.01 Å². The summed E-state index contributed by atoms with van der Waals surface area (Å²) in [6, 6.07) is 15.0. The monoisotopic (exact) mass is 383 g/mol. The molecule has 1 N–H and O–H groups in total. The number of fused-ring (bicyclic) bond motifs is 1. The van der Waals surface area contributed by atoms with Crippen LogP contribution >= 0.6 is 11.3 Å². The Balaban J connectivity index is 1.47. The molecule has 2 aromatic carbocycles. The summed E-state index contributed by atoms with van der Waals surface area (Å²) in [6.45, 7) is 1.33. The SMILES string of the molecule is COC(=O)c1ccc(CNC(=O)CN(C)Cc2nc3ccccc3s2)cc1. The minimum Gasteiger partial charge on any atom is -0.465 e. The van der Waals surface area contributed by atoms with Crippen LogP contribution in [0.4, 0.5) is 0 Å². The van der Waals surface area contributed by atoms with Crippen LogP contribution in [0.25, 0.3) is 10.2 Å². The summed E-state index contributed by atoms with van der Waals surface area (Å²) >= 11 is 1.65. The molecule has 1 heterocycles. The molecule has 7 heteroatoms. The van der Waals surface area contributed by atoms with Crippen LogP contribution in [0.5, 0.6) is 0 Å². The molecule has 3 rings (SSSR count). The van der Waals surface area contributed by atoms with Gasteiger partial charge in [-0.3, -0.25) is 9.69 Å². The third kappa shape index (κ3) is 5.12. The Hall–Kier alpha value is -2.77. The number of carbonyl (C=O) groups is 2. The molecule has 0 radical (unpaired) electrons. The van der Waals surface area contributed by atoms with E-state index >= 15 is 0 Å². The maximum Gasteiger partial charge on any atom is 0.337 e. The Labute approximate surface area is 161 Å². The fourth-order valence-corrected chi connectivity index (χ4v) is 3.70. The van der Waals surface area contributed by atoms with Crippen molar-refractivity contribution in [2.24, 2.45) is 0 Å². The minimum atomic E-state index is -0.373. The maximum atomic E-state index is 12.2. The maximum absolute atomic E-state index is 12.2. The molecule has 0 saturated carbocycles. The van der Waals surface area contributed by atoms with Gasteiger partial charge in [0.15, 0.2) is 0 Å². The summed E-state index contributed by atoms with van der Waals surface area (Å²) in [5.41, 5.74) is 2.40. The third-order valence-corrected chi connectivity index (χ3v) is 5.04. The summed E-state index contributed by atoms with van der Waals surface area (Å²) in [4.78, 5) is 30.1. The molecule has 0 fully saturated rings. The number of esters is 1. The number of carbonyl (C=O) groups excluding carboxylic acids is 2. The first-order valence-electron chi connectivity index (χ1n) is 8.52. The molecule has 6 nitrogen and oxygen atoms in total. The van der Waals surface area contributed by atoms with Crippen LogP contribution in [0.3, 0.4) is 0 Å². The Kier molecular flexibility index (Phi) is 6.16. The Morgan fingerprint density at radius 2 is 1.89 bits per heavy atom. The molecule has 0 saturated heterocycles. The third-order valence-electron chi connectivity index (χ3n) is 4.02. The minimum absolute atomic E-state index is 0.0596. The summed E-state index contributed by atoms with van der Waals surface area (Å²) in [5.74, 6) is -0.433. The summed E-state index contributed by atoms with van der Waals surface area (Å²) in [6.07, 6.45) is 0. The van der Waals surface area contributed by atoms with Crippen LogP contribution in [-0.2, 0) is 22.6 Å². The second kappa shape index (κ2) is 8.75. The summed E-state index contributed by atoms with van der Waals surface area (Å²) in [7, 11) is 3.25. The van der Waals surface area contributed by atoms with E-state index in [1.165, 1.54) is 7.11 Å². The van der Waals surface area contributed by atoms with E-state index in [4.69, 9.17) is 0 Å². The van der Waals surface area contributed by atoms with Crippen molar-refractivity contribution in [1.29, 1.82) is 0 Å². The molecular formula is C20H21N3O3S. The number of para-hydroxylation sites is 1. The number of likely N-dealkylation sites (N-methyl/N-ethyl adjacent to an activating group) is 1. The van der Waals surface area contributed by atoms with Crippen molar-refractivity contribution in [3.63, 3.8) is 0 Å². The quantitative estimate of drug-likeness (QED) is 0.635. The lowest BCUT2D eigenvalue weighted by Gasteiger charge is -2.14. The smallest absolute Gasteiger partial charge is 0.337 e. The highest BCUT2D eigenvalue weighted by Crippen LogP contribution is 2.22. The van der Waals surface area contributed by atoms with Gasteiger partial charge in [-0.05, 0) is 36.9 Å². The zero-order valence-corrected chi connectivity index (χ0v) is 16.1. The van der Waals surface area contributed by atoms with Crippen LogP contribution in [0.1, 0.15) is 20.9 Å². The van der Waals surface area contributed by atoms with Crippen molar-refractivity contribution in [2.45, 2.75) is 13.1 Å². The van der Waals surface area contributed by atoms with E-state index in [0.29, 0.717) is 18.7 Å². The predicted octanol–water partition coefficient (Wildman–Crippen LogP) is 2.83. The van der Waals surface area contributed by atoms with Crippen molar-refractivity contribution in [3.05, 3.63) is 64.7 Å². The van der Waals surface area contributed by atoms with Crippen molar-refractivity contribution >= 4 is 33.4 Å². The number of aromatic nitrogens is 1. The first-order chi connectivity index (χ1) is 13.0. The number of nitrogens with one attached hydrogen (secondary N) is 1. The number of thiazole rings is 1. The summed E-state index contributed by atoms with van der Waals surface area (Å²) < 4.78 is 5.82. The Morgan fingerprint density at radius 1 is 1.15 bits per heavy atom. The molecule has 0 bridgehead atoms. The van der Waals surface area contributed by atoms with E-state index in [9.17, 15) is 9.59 Å². The zero-order chi connectivity index (χ0) is 19.2. The number of amides is 1. The van der Waals surface area contributed by atoms with Gasteiger partial charge in [0.05, 0.1) is 36.0 Å². The van der Waals surface area contributed by atoms with Gasteiger partial charge < -0.3 is 10.1 Å². The highest BCUT2D eigenvalue weighted by atomic mass is 32.1. The van der Waals surface area contributed by atoms with Gasteiger partial charge in [-0.2, -0.15) is 0 Å². The molecule has 3 aromatic rings. The molecule has 0 unspecified atom stereocenters. The second-order valence-electron chi connectivity index (χ2n) is 6.21. The van der Waals surface area contributed by atoms with E-state index in [1.807, 2.05) is 30.1 Å². The van der Waals surface area contributed by atoms with E-state index in [2.05, 4.69) is 21.1 Å². The molecule has 0 spiro atoms. The molecule has 1 amide bonds. The van der Waals surface area contributed by atoms with E-state index < -0.39 is 0 Å². The topological polar surface area (TPSA) is 71.5 Å². The first kappa shape index (κ1) is 19.0. The van der Waals surface area contributed by atoms with Crippen LogP contribution in [0.15, 0.2) is 48.5 Å². The van der Waals surface area contributed by atoms with Crippen LogP contribution in [-0.4, -0.2) is 42.5 Å². The van der Waals surface area contributed by atoms with Gasteiger partial charge in [-0.15, -0.1) is 11.3 Å². The van der Waals surface area contributed by atoms with Crippen LogP contribution in [0, 0.1) is 0 Å². The van der Waals surface area contributed by atoms with E-state index in [0.717, 1.165) is 20.8 Å². The number of rotatable bonds is 7. The van der Waals surface area contributed by atoms with Gasteiger partial charge in [0, 0.05) is 6.54 Å². The van der Waals surface area contributed by atoms with Crippen LogP contribution in [0.2, 0.25) is 0 Å². The lowest BCUT2D eigenvalue weighted by molar-refractivity contribution is -0.122. The van der Waals surface area contributed by atoms with Gasteiger partial charge >= 0.3 is 5.97 Å². The Bertz CT molecular complexity index is 904. The van der Waals surface area contributed by atoms with E-state index in [-0.39, 0.29) is 18.4 Å². The molecule has 0 atom stereocenters. The second-order valence-corrected chi connectivity index (χ2v) is 7.33. The highest BCUT2D eigenvalue weighted by molar-refractivity contribution is 7.18. The average Bonchev–Trinajstić information content (AvgIpc) is 3.08. The number of methoxy groups -OCH3 is 1. The van der Waals surface area contributed by atoms with Gasteiger partial charge in [-0.1, -0.05) is 24.3 Å². The molecule has 0 aliphatic heterocycles.